The number of phenolic OH excluding ortho intramolecular Hbond substituents is 1. The second-order valence-electron chi connectivity index (χ2n) is 7.00. The molecule has 2 rings (SSSR count). The Balaban J connectivity index is 1.81. The van der Waals surface area contributed by atoms with E-state index < -0.39 is 0 Å². The number of hydrogen-bond acceptors (Lipinski definition) is 3. The van der Waals surface area contributed by atoms with Gasteiger partial charge in [0.25, 0.3) is 0 Å². The summed E-state index contributed by atoms with van der Waals surface area (Å²) in [6, 6.07) is 5.90. The number of guanidine groups is 1. The predicted molar refractivity (Wildman–Crippen MR) is 98.8 cm³/mol. The van der Waals surface area contributed by atoms with Crippen LogP contribution in [-0.2, 0) is 6.42 Å². The Kier molecular flexibility index (Phi) is 6.76. The Morgan fingerprint density at radius 3 is 2.54 bits per heavy atom. The zero-order valence-corrected chi connectivity index (χ0v) is 15.3. The highest BCUT2D eigenvalue weighted by molar-refractivity contribution is 5.80. The summed E-state index contributed by atoms with van der Waals surface area (Å²) in [6.07, 6.45) is 4.45. The molecule has 0 saturated heterocycles. The first-order valence-corrected chi connectivity index (χ1v) is 8.84. The fourth-order valence-electron chi connectivity index (χ4n) is 3.65. The highest BCUT2D eigenvalue weighted by Gasteiger charge is 2.24. The molecule has 1 saturated carbocycles. The first kappa shape index (κ1) is 18.4. The lowest BCUT2D eigenvalue weighted by molar-refractivity contribution is 0.255. The molecule has 1 aromatic rings. The first-order chi connectivity index (χ1) is 11.5. The molecule has 0 aromatic heterocycles. The minimum absolute atomic E-state index is 0.272. The van der Waals surface area contributed by atoms with E-state index in [1.165, 1.54) is 19.3 Å². The number of phenols is 1. The molecule has 24 heavy (non-hydrogen) atoms. The summed E-state index contributed by atoms with van der Waals surface area (Å²) in [4.78, 5) is 4.33. The maximum Gasteiger partial charge on any atom is 0.191 e. The van der Waals surface area contributed by atoms with Gasteiger partial charge >= 0.3 is 0 Å². The first-order valence-electron chi connectivity index (χ1n) is 8.84. The summed E-state index contributed by atoms with van der Waals surface area (Å²) in [5.74, 6) is 3.31. The van der Waals surface area contributed by atoms with Crippen LogP contribution in [0.5, 0.6) is 11.5 Å². The second-order valence-corrected chi connectivity index (χ2v) is 7.00. The minimum Gasteiger partial charge on any atom is -0.508 e. The summed E-state index contributed by atoms with van der Waals surface area (Å²) in [6.45, 7) is 5.37. The zero-order valence-electron chi connectivity index (χ0n) is 15.3. The van der Waals surface area contributed by atoms with Crippen LogP contribution in [0.25, 0.3) is 0 Å². The maximum absolute atomic E-state index is 10.0. The lowest BCUT2D eigenvalue weighted by atomic mass is 9.80. The van der Waals surface area contributed by atoms with Crippen LogP contribution >= 0.6 is 0 Å². The van der Waals surface area contributed by atoms with Gasteiger partial charge in [-0.15, -0.1) is 0 Å². The molecule has 0 amide bonds. The standard InChI is InChI=1S/C19H31N3O2/c1-13-9-14(2)11-16(10-13)22-19(20-3)21-8-7-15-5-6-17(24-4)12-18(15)23/h5-6,12-14,16,23H,7-11H2,1-4H3,(H2,20,21,22). The third kappa shape index (κ3) is 5.32. The van der Waals surface area contributed by atoms with Gasteiger partial charge < -0.3 is 20.5 Å². The average Bonchev–Trinajstić information content (AvgIpc) is 2.54. The molecule has 1 aromatic carbocycles. The van der Waals surface area contributed by atoms with Gasteiger partial charge in [-0.2, -0.15) is 0 Å². The molecule has 1 aliphatic rings. The number of rotatable bonds is 5. The van der Waals surface area contributed by atoms with Crippen molar-refractivity contribution in [2.75, 3.05) is 20.7 Å². The van der Waals surface area contributed by atoms with Gasteiger partial charge in [0.1, 0.15) is 11.5 Å². The lowest BCUT2D eigenvalue weighted by Crippen LogP contribution is -2.46. The van der Waals surface area contributed by atoms with Gasteiger partial charge in [0, 0.05) is 25.7 Å². The Bertz CT molecular complexity index is 550. The maximum atomic E-state index is 10.0. The number of nitrogens with one attached hydrogen (secondary N) is 2. The van der Waals surface area contributed by atoms with Crippen LogP contribution in [0.3, 0.4) is 0 Å². The smallest absolute Gasteiger partial charge is 0.191 e. The molecule has 0 aliphatic heterocycles. The van der Waals surface area contributed by atoms with E-state index in [1.807, 2.05) is 12.1 Å². The van der Waals surface area contributed by atoms with Crippen molar-refractivity contribution >= 4 is 5.96 Å². The molecule has 2 unspecified atom stereocenters. The third-order valence-electron chi connectivity index (χ3n) is 4.72. The normalized spacial score (nSPS) is 24.5. The van der Waals surface area contributed by atoms with Gasteiger partial charge in [0.05, 0.1) is 7.11 Å². The highest BCUT2D eigenvalue weighted by Crippen LogP contribution is 2.28. The molecule has 134 valence electrons. The van der Waals surface area contributed by atoms with Crippen molar-refractivity contribution in [3.8, 4) is 11.5 Å². The van der Waals surface area contributed by atoms with E-state index in [0.717, 1.165) is 36.3 Å². The molecule has 0 heterocycles. The number of methoxy groups -OCH3 is 1. The van der Waals surface area contributed by atoms with Gasteiger partial charge in [0.2, 0.25) is 0 Å². The molecule has 0 radical (unpaired) electrons. The number of aliphatic imine (C=N–C) groups is 1. The molecule has 3 N–H and O–H groups in total. The number of nitrogens with zero attached hydrogens (tertiary/aromatic N) is 1. The van der Waals surface area contributed by atoms with Crippen LogP contribution in [-0.4, -0.2) is 37.8 Å². The van der Waals surface area contributed by atoms with Crippen molar-refractivity contribution in [2.24, 2.45) is 16.8 Å². The molecule has 1 aliphatic carbocycles. The largest absolute Gasteiger partial charge is 0.508 e. The van der Waals surface area contributed by atoms with E-state index in [1.54, 1.807) is 20.2 Å². The van der Waals surface area contributed by atoms with E-state index in [2.05, 4.69) is 29.5 Å². The fraction of sp³-hybridized carbons (Fsp3) is 0.632. The van der Waals surface area contributed by atoms with E-state index >= 15 is 0 Å². The predicted octanol–water partition coefficient (Wildman–Crippen LogP) is 2.93. The summed E-state index contributed by atoms with van der Waals surface area (Å²) < 4.78 is 5.11. The van der Waals surface area contributed by atoms with E-state index in [0.29, 0.717) is 11.8 Å². The molecule has 0 spiro atoms. The van der Waals surface area contributed by atoms with Crippen molar-refractivity contribution in [1.82, 2.24) is 10.6 Å². The van der Waals surface area contributed by atoms with Gasteiger partial charge in [-0.3, -0.25) is 4.99 Å². The Hall–Kier alpha value is -1.91. The highest BCUT2D eigenvalue weighted by atomic mass is 16.5. The van der Waals surface area contributed by atoms with Gasteiger partial charge in [0.15, 0.2) is 5.96 Å². The van der Waals surface area contributed by atoms with Crippen LogP contribution in [0.1, 0.15) is 38.7 Å². The van der Waals surface area contributed by atoms with E-state index in [9.17, 15) is 5.11 Å². The van der Waals surface area contributed by atoms with Crippen LogP contribution in [0.15, 0.2) is 23.2 Å². The van der Waals surface area contributed by atoms with Crippen LogP contribution < -0.4 is 15.4 Å². The molecular weight excluding hydrogens is 302 g/mol. The van der Waals surface area contributed by atoms with Crippen molar-refractivity contribution in [1.29, 1.82) is 0 Å². The summed E-state index contributed by atoms with van der Waals surface area (Å²) >= 11 is 0. The Labute approximate surface area is 145 Å². The van der Waals surface area contributed by atoms with E-state index in [4.69, 9.17) is 4.74 Å². The molecule has 0 bridgehead atoms. The lowest BCUT2D eigenvalue weighted by Gasteiger charge is -2.32. The van der Waals surface area contributed by atoms with Crippen molar-refractivity contribution in [3.05, 3.63) is 23.8 Å². The average molecular weight is 333 g/mol. The van der Waals surface area contributed by atoms with Crippen molar-refractivity contribution in [3.63, 3.8) is 0 Å². The Morgan fingerprint density at radius 1 is 1.25 bits per heavy atom. The van der Waals surface area contributed by atoms with Crippen LogP contribution in [0.4, 0.5) is 0 Å². The quantitative estimate of drug-likeness (QED) is 0.572. The number of benzene rings is 1. The summed E-state index contributed by atoms with van der Waals surface area (Å²) in [5, 5.41) is 16.9. The van der Waals surface area contributed by atoms with Crippen molar-refractivity contribution < 1.29 is 9.84 Å². The number of hydrogen-bond donors (Lipinski definition) is 3. The topological polar surface area (TPSA) is 65.9 Å². The summed E-state index contributed by atoms with van der Waals surface area (Å²) in [7, 11) is 3.40. The minimum atomic E-state index is 0.272. The van der Waals surface area contributed by atoms with Gasteiger partial charge in [-0.25, -0.2) is 0 Å². The Morgan fingerprint density at radius 2 is 1.96 bits per heavy atom. The third-order valence-corrected chi connectivity index (χ3v) is 4.72. The summed E-state index contributed by atoms with van der Waals surface area (Å²) in [5.41, 5.74) is 0.902. The SMILES string of the molecule is CN=C(NCCc1ccc(OC)cc1O)NC1CC(C)CC(C)C1. The molecule has 5 heteroatoms. The number of aromatic hydroxyl groups is 1. The molecular formula is C19H31N3O2. The van der Waals surface area contributed by atoms with Gasteiger partial charge in [-0.1, -0.05) is 19.9 Å². The van der Waals surface area contributed by atoms with Crippen LogP contribution in [0.2, 0.25) is 0 Å². The molecule has 1 fully saturated rings. The monoisotopic (exact) mass is 333 g/mol. The second kappa shape index (κ2) is 8.81. The van der Waals surface area contributed by atoms with Crippen LogP contribution in [0, 0.1) is 11.8 Å². The van der Waals surface area contributed by atoms with Gasteiger partial charge in [-0.05, 0) is 49.1 Å². The van der Waals surface area contributed by atoms with Crippen molar-refractivity contribution in [2.45, 2.75) is 45.6 Å². The molecule has 5 nitrogen and oxygen atoms in total. The zero-order chi connectivity index (χ0) is 17.5. The fourth-order valence-corrected chi connectivity index (χ4v) is 3.65. The molecule has 2 atom stereocenters. The number of ether oxygens (including phenoxy) is 1. The van der Waals surface area contributed by atoms with E-state index in [-0.39, 0.29) is 5.75 Å².